The van der Waals surface area contributed by atoms with Crippen LogP contribution in [0.25, 0.3) is 0 Å². The van der Waals surface area contributed by atoms with Gasteiger partial charge in [-0.1, -0.05) is 12.1 Å². The number of likely N-dealkylation sites (N-methyl/N-ethyl adjacent to an activating group) is 1. The van der Waals surface area contributed by atoms with Crippen LogP contribution < -0.4 is 0 Å². The number of hydrogen-bond donors (Lipinski definition) is 0. The van der Waals surface area contributed by atoms with Crippen LogP contribution in [0.3, 0.4) is 0 Å². The summed E-state index contributed by atoms with van der Waals surface area (Å²) in [4.78, 5) is 14.1. The van der Waals surface area contributed by atoms with Crippen molar-refractivity contribution in [2.24, 2.45) is 0 Å². The van der Waals surface area contributed by atoms with Gasteiger partial charge in [-0.2, -0.15) is 0 Å². The summed E-state index contributed by atoms with van der Waals surface area (Å²) in [6.07, 6.45) is 2.56. The Balaban J connectivity index is 1.84. The number of ketones is 1. The average molecular weight is 359 g/mol. The molecule has 0 bridgehead atoms. The highest BCUT2D eigenvalue weighted by Crippen LogP contribution is 2.13. The Hall–Kier alpha value is -0.460. The van der Waals surface area contributed by atoms with E-state index in [1.54, 1.807) is 0 Å². The topological polar surface area (TPSA) is 29.5 Å². The van der Waals surface area contributed by atoms with E-state index in [4.69, 9.17) is 4.74 Å². The number of halogens is 1. The van der Waals surface area contributed by atoms with E-state index in [0.29, 0.717) is 12.6 Å². The molecule has 0 spiro atoms. The Morgan fingerprint density at radius 3 is 2.78 bits per heavy atom. The van der Waals surface area contributed by atoms with Crippen molar-refractivity contribution >= 4 is 28.4 Å². The van der Waals surface area contributed by atoms with Crippen LogP contribution in [-0.4, -0.2) is 43.5 Å². The second-order valence-electron chi connectivity index (χ2n) is 4.76. The first-order chi connectivity index (χ1) is 8.65. The van der Waals surface area contributed by atoms with E-state index in [9.17, 15) is 4.79 Å². The highest BCUT2D eigenvalue weighted by Gasteiger charge is 2.18. The number of benzene rings is 1. The molecule has 0 aromatic heterocycles. The molecule has 1 unspecified atom stereocenters. The Bertz CT molecular complexity index is 399. The Morgan fingerprint density at radius 2 is 2.17 bits per heavy atom. The molecule has 1 atom stereocenters. The molecule has 0 amide bonds. The van der Waals surface area contributed by atoms with Gasteiger partial charge in [0.15, 0.2) is 5.78 Å². The van der Waals surface area contributed by atoms with Gasteiger partial charge in [0, 0.05) is 22.3 Å². The first-order valence-electron chi connectivity index (χ1n) is 6.24. The van der Waals surface area contributed by atoms with Crippen LogP contribution >= 0.6 is 22.6 Å². The van der Waals surface area contributed by atoms with Gasteiger partial charge in [-0.05, 0) is 54.6 Å². The molecule has 1 fully saturated rings. The first kappa shape index (κ1) is 14.0. The summed E-state index contributed by atoms with van der Waals surface area (Å²) < 4.78 is 6.72. The van der Waals surface area contributed by atoms with Crippen LogP contribution in [0.1, 0.15) is 23.2 Å². The number of ether oxygens (including phenoxy) is 1. The van der Waals surface area contributed by atoms with Crippen LogP contribution in [0.4, 0.5) is 0 Å². The summed E-state index contributed by atoms with van der Waals surface area (Å²) >= 11 is 2.24. The minimum absolute atomic E-state index is 0.173. The van der Waals surface area contributed by atoms with Crippen molar-refractivity contribution in [3.8, 4) is 0 Å². The summed E-state index contributed by atoms with van der Waals surface area (Å²) in [6, 6.07) is 7.72. The number of carbonyl (C=O) groups is 1. The van der Waals surface area contributed by atoms with Crippen molar-refractivity contribution in [2.45, 2.75) is 18.9 Å². The number of nitrogens with zero attached hydrogens (tertiary/aromatic N) is 1. The van der Waals surface area contributed by atoms with E-state index in [1.807, 2.05) is 31.3 Å². The fourth-order valence-corrected chi connectivity index (χ4v) is 2.53. The Labute approximate surface area is 122 Å². The zero-order valence-corrected chi connectivity index (χ0v) is 12.7. The van der Waals surface area contributed by atoms with Gasteiger partial charge in [0.05, 0.1) is 12.6 Å². The number of rotatable bonds is 5. The lowest BCUT2D eigenvalue weighted by atomic mass is 10.1. The highest BCUT2D eigenvalue weighted by molar-refractivity contribution is 14.1. The third kappa shape index (κ3) is 4.03. The van der Waals surface area contributed by atoms with E-state index in [1.165, 1.54) is 0 Å². The van der Waals surface area contributed by atoms with Crippen LogP contribution in [0.15, 0.2) is 24.3 Å². The van der Waals surface area contributed by atoms with Crippen molar-refractivity contribution in [1.82, 2.24) is 4.90 Å². The van der Waals surface area contributed by atoms with E-state index in [-0.39, 0.29) is 5.78 Å². The van der Waals surface area contributed by atoms with Crippen LogP contribution in [0.5, 0.6) is 0 Å². The molecule has 3 nitrogen and oxygen atoms in total. The summed E-state index contributed by atoms with van der Waals surface area (Å²) in [5.41, 5.74) is 0.787. The second kappa shape index (κ2) is 6.63. The molecule has 1 aromatic carbocycles. The molecule has 1 aromatic rings. The predicted octanol–water partition coefficient (Wildman–Crippen LogP) is 2.58. The summed E-state index contributed by atoms with van der Waals surface area (Å²) in [5, 5.41) is 0. The fourth-order valence-electron chi connectivity index (χ4n) is 2.17. The Morgan fingerprint density at radius 1 is 1.44 bits per heavy atom. The van der Waals surface area contributed by atoms with Gasteiger partial charge in [-0.3, -0.25) is 9.69 Å². The lowest BCUT2D eigenvalue weighted by Crippen LogP contribution is -2.33. The van der Waals surface area contributed by atoms with Gasteiger partial charge in [-0.15, -0.1) is 0 Å². The van der Waals surface area contributed by atoms with Gasteiger partial charge in [0.1, 0.15) is 0 Å². The largest absolute Gasteiger partial charge is 0.377 e. The second-order valence-corrected chi connectivity index (χ2v) is 6.01. The molecular weight excluding hydrogens is 341 g/mol. The molecule has 0 N–H and O–H groups in total. The molecule has 18 heavy (non-hydrogen) atoms. The van der Waals surface area contributed by atoms with Gasteiger partial charge in [-0.25, -0.2) is 0 Å². The van der Waals surface area contributed by atoms with Crippen molar-refractivity contribution in [1.29, 1.82) is 0 Å². The van der Waals surface area contributed by atoms with E-state index in [2.05, 4.69) is 27.5 Å². The molecule has 1 aliphatic heterocycles. The zero-order chi connectivity index (χ0) is 13.0. The lowest BCUT2D eigenvalue weighted by Gasteiger charge is -2.19. The average Bonchev–Trinajstić information content (AvgIpc) is 2.82. The third-order valence-corrected chi connectivity index (χ3v) is 3.84. The normalized spacial score (nSPS) is 19.4. The maximum Gasteiger partial charge on any atom is 0.176 e. The number of Topliss-reactive ketones (excluding diaryl/α,β-unsaturated/α-hetero) is 1. The summed E-state index contributed by atoms with van der Waals surface area (Å²) in [7, 11) is 1.98. The molecule has 4 heteroatoms. The quantitative estimate of drug-likeness (QED) is 0.598. The minimum Gasteiger partial charge on any atom is -0.377 e. The highest BCUT2D eigenvalue weighted by atomic mass is 127. The molecule has 1 heterocycles. The molecular formula is C14H18INO2. The van der Waals surface area contributed by atoms with E-state index in [0.717, 1.165) is 35.1 Å². The molecule has 98 valence electrons. The van der Waals surface area contributed by atoms with Crippen molar-refractivity contribution < 1.29 is 9.53 Å². The maximum absolute atomic E-state index is 12.1. The lowest BCUT2D eigenvalue weighted by molar-refractivity contribution is 0.0740. The first-order valence-corrected chi connectivity index (χ1v) is 7.32. The van der Waals surface area contributed by atoms with Gasteiger partial charge < -0.3 is 4.74 Å². The van der Waals surface area contributed by atoms with Gasteiger partial charge in [0.2, 0.25) is 0 Å². The summed E-state index contributed by atoms with van der Waals surface area (Å²) in [5.74, 6) is 0.173. The van der Waals surface area contributed by atoms with Crippen LogP contribution in [0, 0.1) is 3.57 Å². The monoisotopic (exact) mass is 359 g/mol. The predicted molar refractivity (Wildman–Crippen MR) is 80.0 cm³/mol. The smallest absolute Gasteiger partial charge is 0.176 e. The molecule has 1 aliphatic rings. The SMILES string of the molecule is CN(CC(=O)c1ccc(I)cc1)CC1CCCO1. The fraction of sp³-hybridized carbons (Fsp3) is 0.500. The summed E-state index contributed by atoms with van der Waals surface area (Å²) in [6.45, 7) is 2.17. The van der Waals surface area contributed by atoms with Gasteiger partial charge >= 0.3 is 0 Å². The van der Waals surface area contributed by atoms with Crippen molar-refractivity contribution in [3.63, 3.8) is 0 Å². The van der Waals surface area contributed by atoms with Crippen molar-refractivity contribution in [2.75, 3.05) is 26.7 Å². The standard InChI is InChI=1S/C14H18INO2/c1-16(9-13-3-2-8-18-13)10-14(17)11-4-6-12(15)7-5-11/h4-7,13H,2-3,8-10H2,1H3. The zero-order valence-electron chi connectivity index (χ0n) is 10.6. The van der Waals surface area contributed by atoms with Crippen LogP contribution in [-0.2, 0) is 4.74 Å². The molecule has 0 radical (unpaired) electrons. The van der Waals surface area contributed by atoms with Crippen molar-refractivity contribution in [3.05, 3.63) is 33.4 Å². The molecule has 0 saturated carbocycles. The minimum atomic E-state index is 0.173. The number of hydrogen-bond acceptors (Lipinski definition) is 3. The van der Waals surface area contributed by atoms with E-state index >= 15 is 0 Å². The van der Waals surface area contributed by atoms with Gasteiger partial charge in [0.25, 0.3) is 0 Å². The Kier molecular flexibility index (Phi) is 5.14. The third-order valence-electron chi connectivity index (χ3n) is 3.12. The maximum atomic E-state index is 12.1. The molecule has 1 saturated heterocycles. The van der Waals surface area contributed by atoms with E-state index < -0.39 is 0 Å². The van der Waals surface area contributed by atoms with Crippen LogP contribution in [0.2, 0.25) is 0 Å². The molecule has 0 aliphatic carbocycles. The molecule has 2 rings (SSSR count). The number of carbonyl (C=O) groups excluding carboxylic acids is 1.